The van der Waals surface area contributed by atoms with Crippen molar-refractivity contribution in [3.8, 4) is 0 Å². The molecule has 0 bridgehead atoms. The average Bonchev–Trinajstić information content (AvgIpc) is 2.11. The van der Waals surface area contributed by atoms with Crippen molar-refractivity contribution in [1.29, 1.82) is 0 Å². The minimum absolute atomic E-state index is 0.156. The number of alkyl carbamates (subject to hydrolysis) is 1. The maximum absolute atomic E-state index is 11.5. The first kappa shape index (κ1) is 16.1. The standard InChI is InChI=1S/C11H23NO5/c1-6-15-8-11(14,16-7-2)12-9(13)17-10(3,4)5/h14H,6-8H2,1-5H3,(H,12,13). The van der Waals surface area contributed by atoms with E-state index in [9.17, 15) is 9.90 Å². The van der Waals surface area contributed by atoms with Gasteiger partial charge in [-0.3, -0.25) is 5.32 Å². The fourth-order valence-corrected chi connectivity index (χ4v) is 1.06. The molecule has 0 aromatic rings. The van der Waals surface area contributed by atoms with Gasteiger partial charge in [0.15, 0.2) is 0 Å². The van der Waals surface area contributed by atoms with Crippen LogP contribution in [-0.4, -0.2) is 42.5 Å². The number of carbonyl (C=O) groups excluding carboxylic acids is 1. The quantitative estimate of drug-likeness (QED) is 0.692. The predicted molar refractivity (Wildman–Crippen MR) is 62.4 cm³/mol. The summed E-state index contributed by atoms with van der Waals surface area (Å²) < 4.78 is 15.1. The number of hydrogen-bond acceptors (Lipinski definition) is 5. The fourth-order valence-electron chi connectivity index (χ4n) is 1.06. The van der Waals surface area contributed by atoms with Crippen LogP contribution in [-0.2, 0) is 14.2 Å². The second-order valence-corrected chi connectivity index (χ2v) is 4.48. The largest absolute Gasteiger partial charge is 0.444 e. The van der Waals surface area contributed by atoms with Crippen LogP contribution in [0.25, 0.3) is 0 Å². The summed E-state index contributed by atoms with van der Waals surface area (Å²) in [6.07, 6.45) is -0.756. The third kappa shape index (κ3) is 7.95. The first-order valence-electron chi connectivity index (χ1n) is 5.67. The first-order chi connectivity index (χ1) is 7.72. The molecular weight excluding hydrogens is 226 g/mol. The van der Waals surface area contributed by atoms with Crippen molar-refractivity contribution in [2.24, 2.45) is 0 Å². The maximum Gasteiger partial charge on any atom is 0.411 e. The molecule has 0 fully saturated rings. The number of carbonyl (C=O) groups is 1. The van der Waals surface area contributed by atoms with Gasteiger partial charge in [-0.15, -0.1) is 0 Å². The molecule has 0 saturated heterocycles. The number of amides is 1. The summed E-state index contributed by atoms with van der Waals surface area (Å²) in [6, 6.07) is 0. The van der Waals surface area contributed by atoms with Crippen LogP contribution in [0, 0.1) is 0 Å². The normalized spacial score (nSPS) is 15.2. The van der Waals surface area contributed by atoms with Crippen LogP contribution in [0.1, 0.15) is 34.6 Å². The molecule has 0 saturated carbocycles. The molecule has 0 spiro atoms. The Hall–Kier alpha value is -0.850. The Labute approximate surface area is 102 Å². The highest BCUT2D eigenvalue weighted by Crippen LogP contribution is 2.10. The van der Waals surface area contributed by atoms with Crippen molar-refractivity contribution < 1.29 is 24.1 Å². The Kier molecular flexibility index (Phi) is 6.44. The molecule has 0 rings (SSSR count). The molecule has 0 aromatic carbocycles. The van der Waals surface area contributed by atoms with Gasteiger partial charge in [-0.05, 0) is 34.6 Å². The molecular formula is C11H23NO5. The van der Waals surface area contributed by atoms with Gasteiger partial charge in [0.25, 0.3) is 5.91 Å². The van der Waals surface area contributed by atoms with Crippen molar-refractivity contribution >= 4 is 6.09 Å². The fraction of sp³-hybridized carbons (Fsp3) is 0.909. The first-order valence-corrected chi connectivity index (χ1v) is 5.67. The van der Waals surface area contributed by atoms with E-state index in [1.54, 1.807) is 34.6 Å². The van der Waals surface area contributed by atoms with Gasteiger partial charge in [0.1, 0.15) is 12.2 Å². The van der Waals surface area contributed by atoms with E-state index >= 15 is 0 Å². The lowest BCUT2D eigenvalue weighted by Gasteiger charge is -2.29. The lowest BCUT2D eigenvalue weighted by molar-refractivity contribution is -0.244. The van der Waals surface area contributed by atoms with Crippen LogP contribution >= 0.6 is 0 Å². The van der Waals surface area contributed by atoms with Crippen LogP contribution in [0.4, 0.5) is 4.79 Å². The van der Waals surface area contributed by atoms with Crippen molar-refractivity contribution in [1.82, 2.24) is 5.32 Å². The third-order valence-electron chi connectivity index (χ3n) is 1.58. The maximum atomic E-state index is 11.5. The Morgan fingerprint density at radius 2 is 1.82 bits per heavy atom. The molecule has 0 aliphatic rings. The van der Waals surface area contributed by atoms with E-state index in [4.69, 9.17) is 14.2 Å². The van der Waals surface area contributed by atoms with Crippen LogP contribution in [0.3, 0.4) is 0 Å². The molecule has 0 aliphatic heterocycles. The average molecular weight is 249 g/mol. The Bertz CT molecular complexity index is 239. The molecule has 17 heavy (non-hydrogen) atoms. The Morgan fingerprint density at radius 1 is 1.24 bits per heavy atom. The van der Waals surface area contributed by atoms with Gasteiger partial charge in [-0.1, -0.05) is 0 Å². The molecule has 1 atom stereocenters. The summed E-state index contributed by atoms with van der Waals surface area (Å²) in [5.41, 5.74) is -0.636. The SMILES string of the molecule is CCOCC(O)(NC(=O)OC(C)(C)C)OCC. The summed E-state index contributed by atoms with van der Waals surface area (Å²) in [5.74, 6) is -1.85. The van der Waals surface area contributed by atoms with E-state index in [1.807, 2.05) is 0 Å². The van der Waals surface area contributed by atoms with Gasteiger partial charge in [-0.25, -0.2) is 4.79 Å². The van der Waals surface area contributed by atoms with Gasteiger partial charge in [0.2, 0.25) is 0 Å². The molecule has 6 nitrogen and oxygen atoms in total. The van der Waals surface area contributed by atoms with E-state index < -0.39 is 17.6 Å². The lowest BCUT2D eigenvalue weighted by Crippen LogP contribution is -2.55. The highest BCUT2D eigenvalue weighted by molar-refractivity contribution is 5.68. The number of rotatable bonds is 6. The Morgan fingerprint density at radius 3 is 2.24 bits per heavy atom. The zero-order valence-corrected chi connectivity index (χ0v) is 11.2. The van der Waals surface area contributed by atoms with Gasteiger partial charge in [0, 0.05) is 13.2 Å². The third-order valence-corrected chi connectivity index (χ3v) is 1.58. The summed E-state index contributed by atoms with van der Waals surface area (Å²) in [4.78, 5) is 11.5. The second-order valence-electron chi connectivity index (χ2n) is 4.48. The number of aliphatic hydroxyl groups is 1. The van der Waals surface area contributed by atoms with Gasteiger partial charge < -0.3 is 19.3 Å². The summed E-state index contributed by atoms with van der Waals surface area (Å²) in [7, 11) is 0. The highest BCUT2D eigenvalue weighted by atomic mass is 16.7. The van der Waals surface area contributed by atoms with E-state index in [0.29, 0.717) is 6.61 Å². The summed E-state index contributed by atoms with van der Waals surface area (Å²) in [5, 5.41) is 12.2. The van der Waals surface area contributed by atoms with Crippen LogP contribution in [0.5, 0.6) is 0 Å². The van der Waals surface area contributed by atoms with Gasteiger partial charge in [-0.2, -0.15) is 0 Å². The topological polar surface area (TPSA) is 77.0 Å². The Balaban J connectivity index is 4.37. The monoisotopic (exact) mass is 249 g/mol. The second kappa shape index (κ2) is 6.78. The molecule has 0 aliphatic carbocycles. The van der Waals surface area contributed by atoms with Crippen LogP contribution in [0.15, 0.2) is 0 Å². The van der Waals surface area contributed by atoms with Gasteiger partial charge >= 0.3 is 6.09 Å². The smallest absolute Gasteiger partial charge is 0.411 e. The molecule has 102 valence electrons. The molecule has 0 radical (unpaired) electrons. The van der Waals surface area contributed by atoms with E-state index in [1.165, 1.54) is 0 Å². The zero-order valence-electron chi connectivity index (χ0n) is 11.2. The molecule has 2 N–H and O–H groups in total. The van der Waals surface area contributed by atoms with Gasteiger partial charge in [0.05, 0.1) is 0 Å². The molecule has 0 aromatic heterocycles. The van der Waals surface area contributed by atoms with E-state index in [-0.39, 0.29) is 13.2 Å². The van der Waals surface area contributed by atoms with Crippen molar-refractivity contribution in [2.75, 3.05) is 19.8 Å². The lowest BCUT2D eigenvalue weighted by atomic mass is 10.2. The number of nitrogens with one attached hydrogen (secondary N) is 1. The van der Waals surface area contributed by atoms with Crippen molar-refractivity contribution in [3.05, 3.63) is 0 Å². The minimum atomic E-state index is -1.85. The predicted octanol–water partition coefficient (Wildman–Crippen LogP) is 1.23. The molecule has 1 amide bonds. The van der Waals surface area contributed by atoms with E-state index in [0.717, 1.165) is 0 Å². The van der Waals surface area contributed by atoms with E-state index in [2.05, 4.69) is 5.32 Å². The molecule has 6 heteroatoms. The van der Waals surface area contributed by atoms with Crippen molar-refractivity contribution in [2.45, 2.75) is 46.1 Å². The number of hydrogen-bond donors (Lipinski definition) is 2. The van der Waals surface area contributed by atoms with Crippen LogP contribution in [0.2, 0.25) is 0 Å². The minimum Gasteiger partial charge on any atom is -0.444 e. The zero-order chi connectivity index (χ0) is 13.5. The number of ether oxygens (including phenoxy) is 3. The van der Waals surface area contributed by atoms with Crippen LogP contribution < -0.4 is 5.32 Å². The summed E-state index contributed by atoms with van der Waals surface area (Å²) in [6.45, 7) is 9.16. The van der Waals surface area contributed by atoms with Crippen molar-refractivity contribution in [3.63, 3.8) is 0 Å². The summed E-state index contributed by atoms with van der Waals surface area (Å²) >= 11 is 0. The molecule has 1 unspecified atom stereocenters. The highest BCUT2D eigenvalue weighted by Gasteiger charge is 2.32. The molecule has 0 heterocycles.